The first kappa shape index (κ1) is 11.4. The molecule has 3 N–H and O–H groups in total. The standard InChI is InChI=1S/C11H15NO3/c1-3-7(2)11(15)12-8-4-5-9(13)10(14)6-8/h4-7,13-14H,3H2,1-2H3,(H,12,15). The summed E-state index contributed by atoms with van der Waals surface area (Å²) in [6.45, 7) is 3.76. The molecule has 0 radical (unpaired) electrons. The molecular weight excluding hydrogens is 194 g/mol. The van der Waals surface area contributed by atoms with Crippen molar-refractivity contribution in [2.24, 2.45) is 5.92 Å². The monoisotopic (exact) mass is 209 g/mol. The second-order valence-corrected chi connectivity index (χ2v) is 3.50. The van der Waals surface area contributed by atoms with Gasteiger partial charge in [-0.2, -0.15) is 0 Å². The van der Waals surface area contributed by atoms with E-state index in [0.717, 1.165) is 6.42 Å². The van der Waals surface area contributed by atoms with Crippen molar-refractivity contribution in [3.8, 4) is 11.5 Å². The zero-order valence-corrected chi connectivity index (χ0v) is 8.82. The molecule has 1 rings (SSSR count). The van der Waals surface area contributed by atoms with Gasteiger partial charge in [0, 0.05) is 17.7 Å². The van der Waals surface area contributed by atoms with E-state index in [-0.39, 0.29) is 23.3 Å². The maximum Gasteiger partial charge on any atom is 0.227 e. The first-order valence-electron chi connectivity index (χ1n) is 4.87. The molecule has 0 heterocycles. The zero-order chi connectivity index (χ0) is 11.4. The van der Waals surface area contributed by atoms with Crippen LogP contribution in [0.3, 0.4) is 0 Å². The maximum atomic E-state index is 11.5. The number of rotatable bonds is 3. The van der Waals surface area contributed by atoms with Crippen LogP contribution in [0.2, 0.25) is 0 Å². The summed E-state index contributed by atoms with van der Waals surface area (Å²) < 4.78 is 0. The highest BCUT2D eigenvalue weighted by atomic mass is 16.3. The highest BCUT2D eigenvalue weighted by Crippen LogP contribution is 2.27. The number of benzene rings is 1. The summed E-state index contributed by atoms with van der Waals surface area (Å²) in [7, 11) is 0. The number of anilines is 1. The van der Waals surface area contributed by atoms with Crippen LogP contribution in [-0.4, -0.2) is 16.1 Å². The Morgan fingerprint density at radius 2 is 2.07 bits per heavy atom. The van der Waals surface area contributed by atoms with Gasteiger partial charge in [-0.1, -0.05) is 13.8 Å². The lowest BCUT2D eigenvalue weighted by Gasteiger charge is -2.10. The van der Waals surface area contributed by atoms with Crippen molar-refractivity contribution in [3.05, 3.63) is 18.2 Å². The van der Waals surface area contributed by atoms with E-state index in [9.17, 15) is 9.90 Å². The number of nitrogens with one attached hydrogen (secondary N) is 1. The number of hydrogen-bond donors (Lipinski definition) is 3. The largest absolute Gasteiger partial charge is 0.504 e. The first-order valence-corrected chi connectivity index (χ1v) is 4.87. The van der Waals surface area contributed by atoms with Crippen molar-refractivity contribution in [1.29, 1.82) is 0 Å². The van der Waals surface area contributed by atoms with Gasteiger partial charge in [-0.25, -0.2) is 0 Å². The molecule has 1 amide bonds. The number of phenols is 2. The van der Waals surface area contributed by atoms with Crippen molar-refractivity contribution in [1.82, 2.24) is 0 Å². The van der Waals surface area contributed by atoms with Crippen molar-refractivity contribution >= 4 is 11.6 Å². The fourth-order valence-corrected chi connectivity index (χ4v) is 1.05. The molecule has 0 bridgehead atoms. The number of phenolic OH excluding ortho intramolecular Hbond substituents is 2. The van der Waals surface area contributed by atoms with Gasteiger partial charge in [-0.05, 0) is 18.6 Å². The molecule has 82 valence electrons. The number of hydrogen-bond acceptors (Lipinski definition) is 3. The molecule has 1 aromatic carbocycles. The second kappa shape index (κ2) is 4.68. The minimum Gasteiger partial charge on any atom is -0.504 e. The lowest BCUT2D eigenvalue weighted by Crippen LogP contribution is -2.19. The van der Waals surface area contributed by atoms with Gasteiger partial charge in [0.15, 0.2) is 11.5 Å². The molecule has 0 saturated carbocycles. The van der Waals surface area contributed by atoms with E-state index in [1.807, 2.05) is 13.8 Å². The molecule has 0 aliphatic carbocycles. The summed E-state index contributed by atoms with van der Waals surface area (Å²) in [6, 6.07) is 4.19. The molecule has 1 aromatic rings. The normalized spacial score (nSPS) is 12.1. The Bertz CT molecular complexity index is 363. The Balaban J connectivity index is 2.73. The molecule has 15 heavy (non-hydrogen) atoms. The van der Waals surface area contributed by atoms with Gasteiger partial charge in [0.2, 0.25) is 5.91 Å². The zero-order valence-electron chi connectivity index (χ0n) is 8.82. The molecule has 0 fully saturated rings. The number of aromatic hydroxyl groups is 2. The number of amides is 1. The Hall–Kier alpha value is -1.71. The van der Waals surface area contributed by atoms with Crippen LogP contribution < -0.4 is 5.32 Å². The van der Waals surface area contributed by atoms with Crippen LogP contribution in [0.15, 0.2) is 18.2 Å². The number of carbonyl (C=O) groups is 1. The van der Waals surface area contributed by atoms with E-state index in [1.54, 1.807) is 0 Å². The quantitative estimate of drug-likeness (QED) is 0.527. The summed E-state index contributed by atoms with van der Waals surface area (Å²) in [5, 5.41) is 20.9. The SMILES string of the molecule is CCC(C)C(=O)Nc1ccc(O)c(O)c1. The molecule has 0 aliphatic rings. The summed E-state index contributed by atoms with van der Waals surface area (Å²) in [5.41, 5.74) is 0.482. The Morgan fingerprint density at radius 1 is 1.40 bits per heavy atom. The van der Waals surface area contributed by atoms with Gasteiger partial charge in [-0.3, -0.25) is 4.79 Å². The van der Waals surface area contributed by atoms with Crippen LogP contribution in [0.5, 0.6) is 11.5 Å². The average molecular weight is 209 g/mol. The second-order valence-electron chi connectivity index (χ2n) is 3.50. The van der Waals surface area contributed by atoms with Crippen LogP contribution in [0, 0.1) is 5.92 Å². The molecule has 4 nitrogen and oxygen atoms in total. The summed E-state index contributed by atoms with van der Waals surface area (Å²) >= 11 is 0. The van der Waals surface area contributed by atoms with Crippen molar-refractivity contribution in [2.75, 3.05) is 5.32 Å². The molecular formula is C11H15NO3. The fourth-order valence-electron chi connectivity index (χ4n) is 1.05. The molecule has 1 atom stereocenters. The minimum absolute atomic E-state index is 0.0686. The maximum absolute atomic E-state index is 11.5. The first-order chi connectivity index (χ1) is 7.04. The van der Waals surface area contributed by atoms with Gasteiger partial charge in [0.05, 0.1) is 0 Å². The fraction of sp³-hybridized carbons (Fsp3) is 0.364. The average Bonchev–Trinajstić information content (AvgIpc) is 2.22. The lowest BCUT2D eigenvalue weighted by atomic mass is 10.1. The molecule has 0 spiro atoms. The highest BCUT2D eigenvalue weighted by molar-refractivity contribution is 5.92. The smallest absolute Gasteiger partial charge is 0.227 e. The predicted octanol–water partition coefficient (Wildman–Crippen LogP) is 2.08. The van der Waals surface area contributed by atoms with Gasteiger partial charge < -0.3 is 15.5 Å². The van der Waals surface area contributed by atoms with E-state index in [4.69, 9.17) is 5.11 Å². The van der Waals surface area contributed by atoms with Crippen LogP contribution in [-0.2, 0) is 4.79 Å². The Kier molecular flexibility index (Phi) is 3.55. The van der Waals surface area contributed by atoms with Crippen molar-refractivity contribution < 1.29 is 15.0 Å². The summed E-state index contributed by atoms with van der Waals surface area (Å²) in [4.78, 5) is 11.5. The summed E-state index contributed by atoms with van der Waals surface area (Å²) in [6.07, 6.45) is 0.760. The molecule has 0 aliphatic heterocycles. The van der Waals surface area contributed by atoms with Crippen LogP contribution in [0.4, 0.5) is 5.69 Å². The van der Waals surface area contributed by atoms with E-state index >= 15 is 0 Å². The Labute approximate surface area is 88.6 Å². The predicted molar refractivity (Wildman–Crippen MR) is 57.9 cm³/mol. The molecule has 0 aromatic heterocycles. The van der Waals surface area contributed by atoms with E-state index in [1.165, 1.54) is 18.2 Å². The third-order valence-corrected chi connectivity index (χ3v) is 2.30. The van der Waals surface area contributed by atoms with Crippen LogP contribution >= 0.6 is 0 Å². The third kappa shape index (κ3) is 2.87. The minimum atomic E-state index is -0.239. The van der Waals surface area contributed by atoms with Gasteiger partial charge in [-0.15, -0.1) is 0 Å². The van der Waals surface area contributed by atoms with Crippen molar-refractivity contribution in [2.45, 2.75) is 20.3 Å². The topological polar surface area (TPSA) is 69.6 Å². The van der Waals surface area contributed by atoms with Gasteiger partial charge in [0.1, 0.15) is 0 Å². The summed E-state index contributed by atoms with van der Waals surface area (Å²) in [5.74, 6) is -0.600. The van der Waals surface area contributed by atoms with E-state index < -0.39 is 0 Å². The van der Waals surface area contributed by atoms with Crippen LogP contribution in [0.1, 0.15) is 20.3 Å². The van der Waals surface area contributed by atoms with E-state index in [0.29, 0.717) is 5.69 Å². The highest BCUT2D eigenvalue weighted by Gasteiger charge is 2.11. The van der Waals surface area contributed by atoms with Gasteiger partial charge in [0.25, 0.3) is 0 Å². The van der Waals surface area contributed by atoms with Gasteiger partial charge >= 0.3 is 0 Å². The Morgan fingerprint density at radius 3 is 2.60 bits per heavy atom. The van der Waals surface area contributed by atoms with E-state index in [2.05, 4.69) is 5.32 Å². The number of carbonyl (C=O) groups excluding carboxylic acids is 1. The molecule has 1 unspecified atom stereocenters. The molecule has 0 saturated heterocycles. The lowest BCUT2D eigenvalue weighted by molar-refractivity contribution is -0.119. The third-order valence-electron chi connectivity index (χ3n) is 2.30. The molecule has 4 heteroatoms. The van der Waals surface area contributed by atoms with Crippen molar-refractivity contribution in [3.63, 3.8) is 0 Å². The van der Waals surface area contributed by atoms with Crippen LogP contribution in [0.25, 0.3) is 0 Å².